The first-order chi connectivity index (χ1) is 8.61. The van der Waals surface area contributed by atoms with Gasteiger partial charge in [0.25, 0.3) is 5.69 Å². The zero-order valence-electron chi connectivity index (χ0n) is 9.71. The normalized spacial score (nSPS) is 10.6. The summed E-state index contributed by atoms with van der Waals surface area (Å²) in [6.45, 7) is 2.23. The average Bonchev–Trinajstić information content (AvgIpc) is 2.79. The summed E-state index contributed by atoms with van der Waals surface area (Å²) in [5.74, 6) is 0. The predicted molar refractivity (Wildman–Crippen MR) is 69.6 cm³/mol. The standard InChI is InChI=1S/C11H11BrN4O2/c1-8-9(3-2-4-11(8)16(17)18)6-15-7-10(5-12)13-14-15/h2-4,7H,5-6H2,1H3. The molecule has 1 aromatic heterocycles. The Bertz CT molecular complexity index is 582. The van der Waals surface area contributed by atoms with E-state index >= 15 is 0 Å². The highest BCUT2D eigenvalue weighted by atomic mass is 79.9. The fourth-order valence-corrected chi connectivity index (χ4v) is 1.95. The van der Waals surface area contributed by atoms with Crippen LogP contribution in [0.15, 0.2) is 24.4 Å². The number of hydrogen-bond acceptors (Lipinski definition) is 4. The maximum atomic E-state index is 10.8. The number of nitrogens with zero attached hydrogens (tertiary/aromatic N) is 4. The number of nitro groups is 1. The molecule has 0 saturated carbocycles. The van der Waals surface area contributed by atoms with Crippen molar-refractivity contribution >= 4 is 21.6 Å². The van der Waals surface area contributed by atoms with Crippen molar-refractivity contribution in [2.24, 2.45) is 0 Å². The number of aromatic nitrogens is 3. The summed E-state index contributed by atoms with van der Waals surface area (Å²) in [6, 6.07) is 5.05. The van der Waals surface area contributed by atoms with Crippen LogP contribution in [0.5, 0.6) is 0 Å². The molecule has 0 N–H and O–H groups in total. The van der Waals surface area contributed by atoms with Gasteiger partial charge in [0, 0.05) is 23.2 Å². The van der Waals surface area contributed by atoms with Gasteiger partial charge in [-0.1, -0.05) is 33.3 Å². The van der Waals surface area contributed by atoms with Gasteiger partial charge >= 0.3 is 0 Å². The molecule has 0 atom stereocenters. The molecule has 0 aliphatic rings. The van der Waals surface area contributed by atoms with Gasteiger partial charge in [0.05, 0.1) is 17.2 Å². The molecule has 2 aromatic rings. The Morgan fingerprint density at radius 1 is 1.50 bits per heavy atom. The third-order valence-electron chi connectivity index (χ3n) is 2.67. The zero-order chi connectivity index (χ0) is 13.1. The largest absolute Gasteiger partial charge is 0.272 e. The monoisotopic (exact) mass is 310 g/mol. The van der Waals surface area contributed by atoms with Gasteiger partial charge in [-0.15, -0.1) is 5.10 Å². The second-order valence-electron chi connectivity index (χ2n) is 3.86. The van der Waals surface area contributed by atoms with E-state index in [0.29, 0.717) is 17.4 Å². The Hall–Kier alpha value is -1.76. The number of nitro benzene ring substituents is 1. The van der Waals surface area contributed by atoms with Crippen molar-refractivity contribution in [1.82, 2.24) is 15.0 Å². The van der Waals surface area contributed by atoms with Gasteiger partial charge in [-0.25, -0.2) is 4.68 Å². The van der Waals surface area contributed by atoms with Gasteiger partial charge < -0.3 is 0 Å². The van der Waals surface area contributed by atoms with E-state index in [1.165, 1.54) is 6.07 Å². The van der Waals surface area contributed by atoms with Gasteiger partial charge in [0.2, 0.25) is 0 Å². The highest BCUT2D eigenvalue weighted by molar-refractivity contribution is 9.08. The lowest BCUT2D eigenvalue weighted by molar-refractivity contribution is -0.385. The molecule has 7 heteroatoms. The Labute approximate surface area is 112 Å². The lowest BCUT2D eigenvalue weighted by Crippen LogP contribution is -2.04. The maximum Gasteiger partial charge on any atom is 0.272 e. The molecular formula is C11H11BrN4O2. The molecule has 18 heavy (non-hydrogen) atoms. The smallest absolute Gasteiger partial charge is 0.258 e. The molecular weight excluding hydrogens is 300 g/mol. The van der Waals surface area contributed by atoms with Crippen LogP contribution in [0.3, 0.4) is 0 Å². The number of benzene rings is 1. The Morgan fingerprint density at radius 2 is 2.28 bits per heavy atom. The third-order valence-corrected chi connectivity index (χ3v) is 3.24. The summed E-state index contributed by atoms with van der Waals surface area (Å²) in [4.78, 5) is 10.5. The van der Waals surface area contributed by atoms with E-state index in [1.807, 2.05) is 12.3 Å². The molecule has 0 bridgehead atoms. The van der Waals surface area contributed by atoms with Crippen LogP contribution < -0.4 is 0 Å². The van der Waals surface area contributed by atoms with Gasteiger partial charge in [0.15, 0.2) is 0 Å². The van der Waals surface area contributed by atoms with Crippen molar-refractivity contribution in [3.63, 3.8) is 0 Å². The fourth-order valence-electron chi connectivity index (χ4n) is 1.69. The molecule has 0 fully saturated rings. The summed E-state index contributed by atoms with van der Waals surface area (Å²) in [5.41, 5.74) is 2.50. The SMILES string of the molecule is Cc1c(Cn2cc(CBr)nn2)cccc1[N+](=O)[O-]. The molecule has 0 aliphatic carbocycles. The summed E-state index contributed by atoms with van der Waals surface area (Å²) in [5, 5.41) is 19.4. The molecule has 2 rings (SSSR count). The van der Waals surface area contributed by atoms with Crippen LogP contribution in [0, 0.1) is 17.0 Å². The van der Waals surface area contributed by atoms with E-state index in [1.54, 1.807) is 17.7 Å². The van der Waals surface area contributed by atoms with Crippen LogP contribution in [-0.4, -0.2) is 19.9 Å². The number of halogens is 1. The number of hydrogen-bond donors (Lipinski definition) is 0. The van der Waals surface area contributed by atoms with E-state index in [-0.39, 0.29) is 10.6 Å². The summed E-state index contributed by atoms with van der Waals surface area (Å²) < 4.78 is 1.67. The fraction of sp³-hybridized carbons (Fsp3) is 0.273. The van der Waals surface area contributed by atoms with Crippen LogP contribution in [0.25, 0.3) is 0 Å². The third kappa shape index (κ3) is 2.56. The molecule has 0 aliphatic heterocycles. The van der Waals surface area contributed by atoms with E-state index in [2.05, 4.69) is 26.2 Å². The van der Waals surface area contributed by atoms with Crippen LogP contribution in [-0.2, 0) is 11.9 Å². The van der Waals surface area contributed by atoms with E-state index in [4.69, 9.17) is 0 Å². The Kier molecular flexibility index (Phi) is 3.71. The molecule has 1 aromatic carbocycles. The predicted octanol–water partition coefficient (Wildman–Crippen LogP) is 2.44. The molecule has 0 spiro atoms. The van der Waals surface area contributed by atoms with Crippen molar-refractivity contribution in [3.05, 3.63) is 51.3 Å². The Balaban J connectivity index is 2.29. The summed E-state index contributed by atoms with van der Waals surface area (Å²) in [7, 11) is 0. The first-order valence-electron chi connectivity index (χ1n) is 5.29. The lowest BCUT2D eigenvalue weighted by atomic mass is 10.1. The zero-order valence-corrected chi connectivity index (χ0v) is 11.3. The molecule has 0 radical (unpaired) electrons. The maximum absolute atomic E-state index is 10.8. The van der Waals surface area contributed by atoms with E-state index in [9.17, 15) is 10.1 Å². The van der Waals surface area contributed by atoms with Crippen molar-refractivity contribution in [2.45, 2.75) is 18.8 Å². The minimum atomic E-state index is -0.371. The van der Waals surface area contributed by atoms with E-state index < -0.39 is 0 Å². The van der Waals surface area contributed by atoms with Gasteiger partial charge in [-0.05, 0) is 12.5 Å². The minimum absolute atomic E-state index is 0.133. The first-order valence-corrected chi connectivity index (χ1v) is 6.42. The van der Waals surface area contributed by atoms with Crippen molar-refractivity contribution in [1.29, 1.82) is 0 Å². The van der Waals surface area contributed by atoms with Gasteiger partial charge in [0.1, 0.15) is 0 Å². The van der Waals surface area contributed by atoms with Crippen LogP contribution >= 0.6 is 15.9 Å². The second kappa shape index (κ2) is 5.26. The molecule has 1 heterocycles. The molecule has 94 valence electrons. The number of rotatable bonds is 4. The quantitative estimate of drug-likeness (QED) is 0.494. The second-order valence-corrected chi connectivity index (χ2v) is 4.42. The van der Waals surface area contributed by atoms with Crippen LogP contribution in [0.2, 0.25) is 0 Å². The van der Waals surface area contributed by atoms with Crippen molar-refractivity contribution < 1.29 is 4.92 Å². The summed E-state index contributed by atoms with van der Waals surface area (Å²) in [6.07, 6.45) is 1.81. The first kappa shape index (κ1) is 12.7. The highest BCUT2D eigenvalue weighted by Crippen LogP contribution is 2.21. The number of alkyl halides is 1. The van der Waals surface area contributed by atoms with Crippen LogP contribution in [0.1, 0.15) is 16.8 Å². The highest BCUT2D eigenvalue weighted by Gasteiger charge is 2.13. The van der Waals surface area contributed by atoms with Crippen molar-refractivity contribution in [3.8, 4) is 0 Å². The minimum Gasteiger partial charge on any atom is -0.258 e. The summed E-state index contributed by atoms with van der Waals surface area (Å²) >= 11 is 3.30. The molecule has 0 amide bonds. The molecule has 0 saturated heterocycles. The van der Waals surface area contributed by atoms with Crippen molar-refractivity contribution in [2.75, 3.05) is 0 Å². The van der Waals surface area contributed by atoms with Gasteiger partial charge in [-0.3, -0.25) is 10.1 Å². The Morgan fingerprint density at radius 3 is 2.89 bits per heavy atom. The van der Waals surface area contributed by atoms with Crippen LogP contribution in [0.4, 0.5) is 5.69 Å². The lowest BCUT2D eigenvalue weighted by Gasteiger charge is -2.05. The van der Waals surface area contributed by atoms with E-state index in [0.717, 1.165) is 11.3 Å². The molecule has 6 nitrogen and oxygen atoms in total. The molecule has 0 unspecified atom stereocenters. The average molecular weight is 311 g/mol. The topological polar surface area (TPSA) is 73.8 Å². The van der Waals surface area contributed by atoms with Gasteiger partial charge in [-0.2, -0.15) is 0 Å².